The van der Waals surface area contributed by atoms with Gasteiger partial charge in [-0.2, -0.15) is 0 Å². The van der Waals surface area contributed by atoms with Gasteiger partial charge in [-0.05, 0) is 12.1 Å². The van der Waals surface area contributed by atoms with Gasteiger partial charge in [-0.3, -0.25) is 0 Å². The van der Waals surface area contributed by atoms with Crippen LogP contribution in [0.3, 0.4) is 0 Å². The first-order valence-electron chi connectivity index (χ1n) is 5.46. The highest BCUT2D eigenvalue weighted by molar-refractivity contribution is 8.00. The van der Waals surface area contributed by atoms with Gasteiger partial charge in [-0.25, -0.2) is 4.98 Å². The highest BCUT2D eigenvalue weighted by Gasteiger charge is 2.12. The molecule has 0 radical (unpaired) electrons. The van der Waals surface area contributed by atoms with Crippen molar-refractivity contribution in [3.63, 3.8) is 0 Å². The second kappa shape index (κ2) is 4.71. The van der Waals surface area contributed by atoms with E-state index in [1.807, 2.05) is 25.1 Å². The molecule has 0 saturated heterocycles. The van der Waals surface area contributed by atoms with Crippen molar-refractivity contribution in [2.75, 3.05) is 24.7 Å². The van der Waals surface area contributed by atoms with Crippen molar-refractivity contribution >= 4 is 45.0 Å². The number of fused-ring (bicyclic) bond motifs is 1. The largest absolute Gasteiger partial charge is 0.431 e. The first kappa shape index (κ1) is 12.2. The van der Waals surface area contributed by atoms with Crippen LogP contribution in [0, 0.1) is 0 Å². The minimum absolute atomic E-state index is 0.544. The van der Waals surface area contributed by atoms with Crippen LogP contribution < -0.4 is 10.6 Å². The molecule has 6 nitrogen and oxygen atoms in total. The van der Waals surface area contributed by atoms with E-state index in [1.165, 1.54) is 23.1 Å². The quantitative estimate of drug-likeness (QED) is 0.743. The number of nitrogens with two attached hydrogens (primary N) is 1. The van der Waals surface area contributed by atoms with Crippen molar-refractivity contribution in [3.05, 3.63) is 18.2 Å². The molecule has 0 aliphatic heterocycles. The summed E-state index contributed by atoms with van der Waals surface area (Å²) in [5.74, 6) is 0. The molecule has 2 N–H and O–H groups in total. The highest BCUT2D eigenvalue weighted by Crippen LogP contribution is 2.34. The van der Waals surface area contributed by atoms with Crippen LogP contribution in [0.15, 0.2) is 32.2 Å². The number of nitrogens with zero attached hydrogens (tertiary/aromatic N) is 4. The summed E-state index contributed by atoms with van der Waals surface area (Å²) in [5.41, 5.74) is 7.83. The van der Waals surface area contributed by atoms with Gasteiger partial charge >= 0.3 is 0 Å². The first-order valence-corrected chi connectivity index (χ1v) is 7.10. The molecule has 0 bridgehead atoms. The molecule has 0 spiro atoms. The number of nitrogen functional groups attached to an aromatic ring is 1. The third-order valence-electron chi connectivity index (χ3n) is 2.35. The summed E-state index contributed by atoms with van der Waals surface area (Å²) in [4.78, 5) is 6.28. The zero-order valence-corrected chi connectivity index (χ0v) is 12.0. The second-order valence-electron chi connectivity index (χ2n) is 4.05. The molecule has 8 heteroatoms. The van der Waals surface area contributed by atoms with Crippen molar-refractivity contribution in [1.82, 2.24) is 15.2 Å². The molecule has 0 aliphatic rings. The molecular weight excluding hydrogens is 282 g/mol. The predicted molar refractivity (Wildman–Crippen MR) is 76.8 cm³/mol. The number of oxazole rings is 1. The third-order valence-corrected chi connectivity index (χ3v) is 4.34. The van der Waals surface area contributed by atoms with Crippen LogP contribution in [0.1, 0.15) is 0 Å². The van der Waals surface area contributed by atoms with E-state index in [4.69, 9.17) is 10.2 Å². The van der Waals surface area contributed by atoms with E-state index in [0.29, 0.717) is 16.5 Å². The van der Waals surface area contributed by atoms with E-state index in [0.717, 1.165) is 15.0 Å². The van der Waals surface area contributed by atoms with Crippen LogP contribution in [0.4, 0.5) is 10.8 Å². The van der Waals surface area contributed by atoms with Crippen molar-refractivity contribution in [3.8, 4) is 0 Å². The Kier molecular flexibility index (Phi) is 3.03. The topological polar surface area (TPSA) is 81.1 Å². The SMILES string of the molecule is CN(C)c1nnc(Sc2nc3ccc(N)cc3o2)s1. The maximum Gasteiger partial charge on any atom is 0.264 e. The molecule has 98 valence electrons. The lowest BCUT2D eigenvalue weighted by atomic mass is 10.3. The van der Waals surface area contributed by atoms with Gasteiger partial charge in [0.25, 0.3) is 5.22 Å². The molecule has 3 rings (SSSR count). The Hall–Kier alpha value is -1.80. The number of hydrogen-bond donors (Lipinski definition) is 1. The molecule has 0 atom stereocenters. The average Bonchev–Trinajstić information content (AvgIpc) is 2.95. The summed E-state index contributed by atoms with van der Waals surface area (Å²) < 4.78 is 6.41. The zero-order valence-electron chi connectivity index (χ0n) is 10.3. The zero-order chi connectivity index (χ0) is 13.4. The summed E-state index contributed by atoms with van der Waals surface area (Å²) >= 11 is 2.85. The molecule has 19 heavy (non-hydrogen) atoms. The summed E-state index contributed by atoms with van der Waals surface area (Å²) in [6, 6.07) is 5.40. The highest BCUT2D eigenvalue weighted by atomic mass is 32.2. The molecule has 3 aromatic rings. The standard InChI is InChI=1S/C11H11N5OS2/c1-16(2)9-14-15-11(18-9)19-10-13-7-4-3-6(12)5-8(7)17-10/h3-5H,12H2,1-2H3. The van der Waals surface area contributed by atoms with Crippen LogP contribution in [0.5, 0.6) is 0 Å². The minimum atomic E-state index is 0.544. The van der Waals surface area contributed by atoms with Crippen LogP contribution in [-0.2, 0) is 0 Å². The van der Waals surface area contributed by atoms with Crippen LogP contribution >= 0.6 is 23.1 Å². The van der Waals surface area contributed by atoms with Crippen LogP contribution in [0.2, 0.25) is 0 Å². The van der Waals surface area contributed by atoms with Crippen molar-refractivity contribution in [1.29, 1.82) is 0 Å². The maximum atomic E-state index is 5.70. The number of hydrogen-bond acceptors (Lipinski definition) is 8. The Bertz CT molecular complexity index is 721. The third kappa shape index (κ3) is 2.49. The number of anilines is 2. The normalized spacial score (nSPS) is 11.1. The number of benzene rings is 1. The van der Waals surface area contributed by atoms with E-state index in [1.54, 1.807) is 12.1 Å². The van der Waals surface area contributed by atoms with E-state index < -0.39 is 0 Å². The Morgan fingerprint density at radius 2 is 2.16 bits per heavy atom. The Morgan fingerprint density at radius 1 is 1.32 bits per heavy atom. The van der Waals surface area contributed by atoms with Gasteiger partial charge in [0.1, 0.15) is 5.52 Å². The smallest absolute Gasteiger partial charge is 0.264 e. The van der Waals surface area contributed by atoms with Crippen LogP contribution in [-0.4, -0.2) is 29.3 Å². The summed E-state index contributed by atoms with van der Waals surface area (Å²) in [6.45, 7) is 0. The van der Waals surface area contributed by atoms with E-state index in [9.17, 15) is 0 Å². The number of aromatic nitrogens is 3. The molecule has 0 saturated carbocycles. The van der Waals surface area contributed by atoms with Gasteiger partial charge in [-0.15, -0.1) is 10.2 Å². The summed E-state index contributed by atoms with van der Waals surface area (Å²) in [6.07, 6.45) is 0. The fourth-order valence-corrected chi connectivity index (χ4v) is 3.08. The van der Waals surface area contributed by atoms with E-state index >= 15 is 0 Å². The molecule has 0 aliphatic carbocycles. The van der Waals surface area contributed by atoms with Gasteiger partial charge in [0.15, 0.2) is 9.92 Å². The predicted octanol–water partition coefficient (Wildman–Crippen LogP) is 2.48. The van der Waals surface area contributed by atoms with Crippen molar-refractivity contribution in [2.45, 2.75) is 9.56 Å². The maximum absolute atomic E-state index is 5.70. The molecule has 1 aromatic carbocycles. The Labute approximate surface area is 117 Å². The van der Waals surface area contributed by atoms with Crippen molar-refractivity contribution < 1.29 is 4.42 Å². The van der Waals surface area contributed by atoms with Crippen LogP contribution in [0.25, 0.3) is 11.1 Å². The fraction of sp³-hybridized carbons (Fsp3) is 0.182. The minimum Gasteiger partial charge on any atom is -0.431 e. The van der Waals surface area contributed by atoms with Gasteiger partial charge < -0.3 is 15.1 Å². The monoisotopic (exact) mass is 293 g/mol. The lowest BCUT2D eigenvalue weighted by molar-refractivity contribution is 0.489. The van der Waals surface area contributed by atoms with Crippen molar-refractivity contribution in [2.24, 2.45) is 0 Å². The molecular formula is C11H11N5OS2. The van der Waals surface area contributed by atoms with Gasteiger partial charge in [0.05, 0.1) is 0 Å². The molecule has 2 aromatic heterocycles. The summed E-state index contributed by atoms with van der Waals surface area (Å²) in [5, 5.41) is 9.54. The lowest BCUT2D eigenvalue weighted by Gasteiger charge is -2.03. The van der Waals surface area contributed by atoms with Gasteiger partial charge in [0.2, 0.25) is 5.13 Å². The molecule has 2 heterocycles. The van der Waals surface area contributed by atoms with E-state index in [-0.39, 0.29) is 0 Å². The number of rotatable bonds is 3. The molecule has 0 unspecified atom stereocenters. The average molecular weight is 293 g/mol. The van der Waals surface area contributed by atoms with Gasteiger partial charge in [-0.1, -0.05) is 11.3 Å². The fourth-order valence-electron chi connectivity index (χ4n) is 1.46. The lowest BCUT2D eigenvalue weighted by Crippen LogP contribution is -2.07. The Balaban J connectivity index is 1.87. The molecule has 0 amide bonds. The second-order valence-corrected chi connectivity index (χ2v) is 6.21. The first-order chi connectivity index (χ1) is 9.11. The summed E-state index contributed by atoms with van der Waals surface area (Å²) in [7, 11) is 3.86. The molecule has 0 fully saturated rings. The Morgan fingerprint density at radius 3 is 2.89 bits per heavy atom. The van der Waals surface area contributed by atoms with E-state index in [2.05, 4.69) is 15.2 Å². The van der Waals surface area contributed by atoms with Gasteiger partial charge in [0, 0.05) is 37.6 Å².